The molecule has 2 aromatic carbocycles. The zero-order chi connectivity index (χ0) is 23.9. The number of carbonyl (C=O) groups is 1. The minimum absolute atomic E-state index is 0. The van der Waals surface area contributed by atoms with Crippen molar-refractivity contribution in [3.8, 4) is 0 Å². The predicted molar refractivity (Wildman–Crippen MR) is 152 cm³/mol. The molecule has 4 nitrogen and oxygen atoms in total. The number of halogens is 3. The molecule has 2 aromatic heterocycles. The van der Waals surface area contributed by atoms with Crippen LogP contribution in [-0.2, 0) is 4.79 Å². The zero-order valence-electron chi connectivity index (χ0n) is 18.8. The summed E-state index contributed by atoms with van der Waals surface area (Å²) < 4.78 is 0. The number of aromatic nitrogens is 2. The number of carboxylic acid groups (broad SMARTS) is 1. The molecule has 0 saturated heterocycles. The van der Waals surface area contributed by atoms with Crippen molar-refractivity contribution in [2.45, 2.75) is 47.1 Å². The van der Waals surface area contributed by atoms with Crippen LogP contribution in [0, 0.1) is 0 Å². The topological polar surface area (TPSA) is 63.1 Å². The summed E-state index contributed by atoms with van der Waals surface area (Å²) in [7, 11) is 0. The lowest BCUT2D eigenvalue weighted by Crippen LogP contribution is -2.06. The summed E-state index contributed by atoms with van der Waals surface area (Å²) in [6, 6.07) is 15.7. The summed E-state index contributed by atoms with van der Waals surface area (Å²) in [6.45, 7) is 0. The Morgan fingerprint density at radius 2 is 1.46 bits per heavy atom. The van der Waals surface area contributed by atoms with Crippen molar-refractivity contribution in [1.29, 1.82) is 0 Å². The molecular weight excluding hydrogens is 543 g/mol. The van der Waals surface area contributed by atoms with Crippen molar-refractivity contribution in [3.63, 3.8) is 0 Å². The van der Waals surface area contributed by atoms with Crippen LogP contribution in [0.1, 0.15) is 32.1 Å². The highest BCUT2D eigenvalue weighted by molar-refractivity contribution is 8.00. The number of benzene rings is 2. The van der Waals surface area contributed by atoms with Crippen LogP contribution in [0.5, 0.6) is 0 Å². The fourth-order valence-electron chi connectivity index (χ4n) is 3.81. The molecule has 0 radical (unpaired) electrons. The van der Waals surface area contributed by atoms with Crippen molar-refractivity contribution in [3.05, 3.63) is 71.0 Å². The molecule has 1 N–H and O–H groups in total. The first-order valence-corrected chi connectivity index (χ1v) is 13.7. The van der Waals surface area contributed by atoms with Crippen LogP contribution in [0.2, 0.25) is 10.0 Å². The quantitative estimate of drug-likeness (QED) is 0.144. The minimum Gasteiger partial charge on any atom is -0.481 e. The van der Waals surface area contributed by atoms with Crippen LogP contribution in [-0.4, -0.2) is 32.0 Å². The Labute approximate surface area is 229 Å². The van der Waals surface area contributed by atoms with Crippen LogP contribution in [0.4, 0.5) is 0 Å². The number of aliphatic carboxylic acids is 1. The first kappa shape index (κ1) is 27.9. The van der Waals surface area contributed by atoms with Gasteiger partial charge in [0.2, 0.25) is 0 Å². The number of rotatable bonds is 11. The number of thioether (sulfide) groups is 2. The van der Waals surface area contributed by atoms with Gasteiger partial charge in [0.1, 0.15) is 0 Å². The molecule has 1 atom stereocenters. The van der Waals surface area contributed by atoms with E-state index in [0.717, 1.165) is 46.8 Å². The Kier molecular flexibility index (Phi) is 10.8. The van der Waals surface area contributed by atoms with Crippen LogP contribution >= 0.6 is 59.1 Å². The van der Waals surface area contributed by atoms with E-state index in [1.807, 2.05) is 72.3 Å². The molecule has 2 heterocycles. The number of nitrogens with zero attached hydrogens (tertiary/aromatic N) is 2. The van der Waals surface area contributed by atoms with Gasteiger partial charge in [0.15, 0.2) is 0 Å². The molecule has 0 fully saturated rings. The maximum atomic E-state index is 10.9. The number of hydrogen-bond acceptors (Lipinski definition) is 5. The molecule has 35 heavy (non-hydrogen) atoms. The highest BCUT2D eigenvalue weighted by Gasteiger charge is 2.14. The van der Waals surface area contributed by atoms with Crippen LogP contribution in [0.15, 0.2) is 70.7 Å². The first-order chi connectivity index (χ1) is 16.5. The minimum atomic E-state index is -0.735. The smallest absolute Gasteiger partial charge is 0.303 e. The van der Waals surface area contributed by atoms with Gasteiger partial charge in [-0.25, -0.2) is 0 Å². The molecule has 184 valence electrons. The lowest BCUT2D eigenvalue weighted by molar-refractivity contribution is -0.137. The monoisotopic (exact) mass is 566 g/mol. The number of fused-ring (bicyclic) bond motifs is 2. The maximum absolute atomic E-state index is 10.9. The second-order valence-corrected chi connectivity index (χ2v) is 11.3. The lowest BCUT2D eigenvalue weighted by atomic mass is 10.1. The largest absolute Gasteiger partial charge is 0.481 e. The van der Waals surface area contributed by atoms with E-state index >= 15 is 0 Å². The van der Waals surface area contributed by atoms with Gasteiger partial charge >= 0.3 is 5.97 Å². The highest BCUT2D eigenvalue weighted by Crippen LogP contribution is 2.36. The van der Waals surface area contributed by atoms with Gasteiger partial charge < -0.3 is 5.11 Å². The summed E-state index contributed by atoms with van der Waals surface area (Å²) >= 11 is 16.0. The molecule has 0 bridgehead atoms. The average Bonchev–Trinajstić information content (AvgIpc) is 2.81. The number of hydrogen-bond donors (Lipinski definition) is 1. The fraction of sp³-hybridized carbons (Fsp3) is 0.269. The molecule has 0 aliphatic carbocycles. The molecule has 0 amide bonds. The Morgan fingerprint density at radius 1 is 0.857 bits per heavy atom. The molecule has 0 saturated carbocycles. The van der Waals surface area contributed by atoms with E-state index in [-0.39, 0.29) is 18.8 Å². The molecule has 4 aromatic rings. The summed E-state index contributed by atoms with van der Waals surface area (Å²) in [5.74, 6) is 0.217. The van der Waals surface area contributed by atoms with Gasteiger partial charge in [-0.15, -0.1) is 35.9 Å². The fourth-order valence-corrected chi connectivity index (χ4v) is 6.72. The molecule has 0 spiro atoms. The average molecular weight is 568 g/mol. The third-order valence-corrected chi connectivity index (χ3v) is 8.48. The molecule has 9 heteroatoms. The van der Waals surface area contributed by atoms with E-state index in [0.29, 0.717) is 21.7 Å². The standard InChI is InChI=1S/C26H24Cl2N2O2S2.ClH/c27-17-5-7-20-22(15-17)29-12-9-24(20)33-14-11-19(3-1-2-4-26(31)32)34-25-10-13-30-23-16-18(28)6-8-21(23)25;/h5-10,12-13,15-16,19H,1-4,11,14H2,(H,31,32);1H. The van der Waals surface area contributed by atoms with Gasteiger partial charge in [-0.1, -0.05) is 41.8 Å². The van der Waals surface area contributed by atoms with Crippen LogP contribution in [0.3, 0.4) is 0 Å². The Hall–Kier alpha value is -1.70. The number of pyridine rings is 2. The third kappa shape index (κ3) is 7.89. The van der Waals surface area contributed by atoms with Crippen molar-refractivity contribution in [2.75, 3.05) is 5.75 Å². The van der Waals surface area contributed by atoms with Crippen molar-refractivity contribution in [2.24, 2.45) is 0 Å². The van der Waals surface area contributed by atoms with Gasteiger partial charge in [-0.2, -0.15) is 0 Å². The summed E-state index contributed by atoms with van der Waals surface area (Å²) in [6.07, 6.45) is 7.41. The van der Waals surface area contributed by atoms with E-state index in [2.05, 4.69) is 22.1 Å². The predicted octanol–water partition coefficient (Wildman–Crippen LogP) is 8.80. The van der Waals surface area contributed by atoms with Gasteiger partial charge in [-0.05, 0) is 61.4 Å². The van der Waals surface area contributed by atoms with Gasteiger partial charge in [0.25, 0.3) is 0 Å². The Bertz CT molecular complexity index is 1310. The second kappa shape index (κ2) is 13.6. The van der Waals surface area contributed by atoms with Gasteiger partial charge in [-0.3, -0.25) is 14.8 Å². The van der Waals surface area contributed by atoms with E-state index in [4.69, 9.17) is 28.3 Å². The normalized spacial score (nSPS) is 11.9. The van der Waals surface area contributed by atoms with E-state index < -0.39 is 5.97 Å². The molecule has 1 unspecified atom stereocenters. The van der Waals surface area contributed by atoms with Crippen LogP contribution in [0.25, 0.3) is 21.8 Å². The first-order valence-electron chi connectivity index (χ1n) is 11.1. The second-order valence-electron chi connectivity index (χ2n) is 7.96. The molecular formula is C26H25Cl3N2O2S2. The van der Waals surface area contributed by atoms with Crippen LogP contribution < -0.4 is 0 Å². The number of carboxylic acids is 1. The lowest BCUT2D eigenvalue weighted by Gasteiger charge is -2.18. The summed E-state index contributed by atoms with van der Waals surface area (Å²) in [5, 5.41) is 12.9. The Balaban J connectivity index is 0.00000342. The third-order valence-electron chi connectivity index (χ3n) is 5.49. The zero-order valence-corrected chi connectivity index (χ0v) is 22.8. The highest BCUT2D eigenvalue weighted by atomic mass is 35.5. The summed E-state index contributed by atoms with van der Waals surface area (Å²) in [4.78, 5) is 22.2. The molecule has 0 aliphatic rings. The Morgan fingerprint density at radius 3 is 2.09 bits per heavy atom. The van der Waals surface area contributed by atoms with E-state index in [9.17, 15) is 4.79 Å². The molecule has 4 rings (SSSR count). The van der Waals surface area contributed by atoms with Crippen molar-refractivity contribution >= 4 is 86.9 Å². The van der Waals surface area contributed by atoms with Crippen molar-refractivity contribution in [1.82, 2.24) is 9.97 Å². The number of unbranched alkanes of at least 4 members (excludes halogenated alkanes) is 1. The van der Waals surface area contributed by atoms with E-state index in [1.54, 1.807) is 0 Å². The maximum Gasteiger partial charge on any atom is 0.303 e. The SMILES string of the molecule is Cl.O=C(O)CCCCC(CCSc1ccnc2cc(Cl)ccc12)Sc1ccnc2cc(Cl)ccc12. The van der Waals surface area contributed by atoms with Crippen molar-refractivity contribution < 1.29 is 9.90 Å². The van der Waals surface area contributed by atoms with E-state index in [1.165, 1.54) is 9.79 Å². The molecule has 0 aliphatic heterocycles. The van der Waals surface area contributed by atoms with Gasteiger partial charge in [0, 0.05) is 54.7 Å². The van der Waals surface area contributed by atoms with Gasteiger partial charge in [0.05, 0.1) is 11.0 Å². The summed E-state index contributed by atoms with van der Waals surface area (Å²) in [5.41, 5.74) is 1.79.